The molecule has 0 spiro atoms. The monoisotopic (exact) mass is 266 g/mol. The Morgan fingerprint density at radius 2 is 2.42 bits per heavy atom. The van der Waals surface area contributed by atoms with Gasteiger partial charge in [0, 0.05) is 50.5 Å². The third kappa shape index (κ3) is 4.03. The van der Waals surface area contributed by atoms with Gasteiger partial charge in [-0.3, -0.25) is 4.68 Å². The van der Waals surface area contributed by atoms with Gasteiger partial charge in [0.2, 0.25) is 0 Å². The second-order valence-electron chi connectivity index (χ2n) is 5.78. The minimum absolute atomic E-state index is 0.271. The summed E-state index contributed by atoms with van der Waals surface area (Å²) >= 11 is 0. The standard InChI is InChI=1S/C14H26N4O/c1-4-15-10-14(5-6-19-12-14)11-17(2)8-13-7-16-18(3)9-13/h7,9,15H,4-6,8,10-12H2,1-3H3. The predicted octanol–water partition coefficient (Wildman–Crippen LogP) is 0.868. The van der Waals surface area contributed by atoms with Gasteiger partial charge in [-0.1, -0.05) is 6.92 Å². The van der Waals surface area contributed by atoms with Crippen molar-refractivity contribution < 1.29 is 4.74 Å². The molecule has 0 saturated carbocycles. The summed E-state index contributed by atoms with van der Waals surface area (Å²) in [7, 11) is 4.14. The number of nitrogens with zero attached hydrogens (tertiary/aromatic N) is 3. The van der Waals surface area contributed by atoms with E-state index in [2.05, 4.69) is 35.5 Å². The molecule has 19 heavy (non-hydrogen) atoms. The Labute approximate surface area is 115 Å². The maximum Gasteiger partial charge on any atom is 0.0547 e. The first kappa shape index (κ1) is 14.5. The molecule has 5 heteroatoms. The first-order valence-electron chi connectivity index (χ1n) is 7.08. The Bertz CT molecular complexity index is 385. The molecule has 1 saturated heterocycles. The summed E-state index contributed by atoms with van der Waals surface area (Å²) < 4.78 is 7.49. The van der Waals surface area contributed by atoms with E-state index in [0.717, 1.165) is 45.8 Å². The van der Waals surface area contributed by atoms with Crippen molar-refractivity contribution in [1.82, 2.24) is 20.0 Å². The van der Waals surface area contributed by atoms with Crippen molar-refractivity contribution in [2.45, 2.75) is 19.9 Å². The molecule has 0 bridgehead atoms. The van der Waals surface area contributed by atoms with Gasteiger partial charge < -0.3 is 15.0 Å². The van der Waals surface area contributed by atoms with Crippen molar-refractivity contribution in [3.8, 4) is 0 Å². The van der Waals surface area contributed by atoms with E-state index in [4.69, 9.17) is 4.74 Å². The van der Waals surface area contributed by atoms with Gasteiger partial charge in [0.25, 0.3) is 0 Å². The average molecular weight is 266 g/mol. The molecule has 5 nitrogen and oxygen atoms in total. The molecule has 1 atom stereocenters. The van der Waals surface area contributed by atoms with Crippen LogP contribution in [-0.2, 0) is 18.3 Å². The lowest BCUT2D eigenvalue weighted by molar-refractivity contribution is 0.117. The molecule has 1 aromatic rings. The van der Waals surface area contributed by atoms with E-state index in [1.54, 1.807) is 0 Å². The van der Waals surface area contributed by atoms with Crippen LogP contribution in [0.25, 0.3) is 0 Å². The Balaban J connectivity index is 1.89. The Kier molecular flexibility index (Phi) is 4.96. The highest BCUT2D eigenvalue weighted by atomic mass is 16.5. The number of ether oxygens (including phenoxy) is 1. The van der Waals surface area contributed by atoms with Gasteiger partial charge in [-0.15, -0.1) is 0 Å². The van der Waals surface area contributed by atoms with Crippen LogP contribution in [0.2, 0.25) is 0 Å². The SMILES string of the molecule is CCNCC1(CN(C)Cc2cnn(C)c2)CCOC1. The van der Waals surface area contributed by atoms with Crippen molar-refractivity contribution >= 4 is 0 Å². The van der Waals surface area contributed by atoms with Gasteiger partial charge in [-0.05, 0) is 20.0 Å². The zero-order valence-corrected chi connectivity index (χ0v) is 12.4. The molecule has 0 aromatic carbocycles. The van der Waals surface area contributed by atoms with E-state index in [9.17, 15) is 0 Å². The largest absolute Gasteiger partial charge is 0.381 e. The van der Waals surface area contributed by atoms with Gasteiger partial charge in [0.05, 0.1) is 12.8 Å². The van der Waals surface area contributed by atoms with Crippen LogP contribution in [0.5, 0.6) is 0 Å². The maximum absolute atomic E-state index is 5.63. The van der Waals surface area contributed by atoms with E-state index in [-0.39, 0.29) is 5.41 Å². The summed E-state index contributed by atoms with van der Waals surface area (Å²) in [5.74, 6) is 0. The van der Waals surface area contributed by atoms with Crippen LogP contribution in [0, 0.1) is 5.41 Å². The van der Waals surface area contributed by atoms with Crippen molar-refractivity contribution in [3.63, 3.8) is 0 Å². The Morgan fingerprint density at radius 1 is 1.58 bits per heavy atom. The van der Waals surface area contributed by atoms with Crippen molar-refractivity contribution in [3.05, 3.63) is 18.0 Å². The normalized spacial score (nSPS) is 23.4. The maximum atomic E-state index is 5.63. The van der Waals surface area contributed by atoms with Gasteiger partial charge in [0.15, 0.2) is 0 Å². The second kappa shape index (κ2) is 6.50. The molecule has 1 aliphatic heterocycles. The Hall–Kier alpha value is -0.910. The number of hydrogen-bond acceptors (Lipinski definition) is 4. The predicted molar refractivity (Wildman–Crippen MR) is 76.0 cm³/mol. The number of aromatic nitrogens is 2. The average Bonchev–Trinajstić information content (AvgIpc) is 2.97. The first-order valence-corrected chi connectivity index (χ1v) is 7.08. The molecule has 1 fully saturated rings. The molecule has 0 radical (unpaired) electrons. The minimum atomic E-state index is 0.271. The lowest BCUT2D eigenvalue weighted by Gasteiger charge is -2.32. The van der Waals surface area contributed by atoms with Crippen LogP contribution in [0.3, 0.4) is 0 Å². The summed E-state index contributed by atoms with van der Waals surface area (Å²) in [4.78, 5) is 2.38. The lowest BCUT2D eigenvalue weighted by atomic mass is 9.86. The van der Waals surface area contributed by atoms with Crippen molar-refractivity contribution in [2.24, 2.45) is 12.5 Å². The minimum Gasteiger partial charge on any atom is -0.381 e. The molecular weight excluding hydrogens is 240 g/mol. The van der Waals surface area contributed by atoms with Crippen LogP contribution in [0.1, 0.15) is 18.9 Å². The third-order valence-electron chi connectivity index (χ3n) is 3.75. The zero-order chi connectivity index (χ0) is 13.7. The molecule has 108 valence electrons. The summed E-state index contributed by atoms with van der Waals surface area (Å²) in [6.07, 6.45) is 5.18. The van der Waals surface area contributed by atoms with Crippen LogP contribution >= 0.6 is 0 Å². The lowest BCUT2D eigenvalue weighted by Crippen LogP contribution is -2.43. The number of rotatable bonds is 7. The van der Waals surface area contributed by atoms with E-state index < -0.39 is 0 Å². The molecule has 1 N–H and O–H groups in total. The highest BCUT2D eigenvalue weighted by Crippen LogP contribution is 2.29. The molecule has 0 amide bonds. The van der Waals surface area contributed by atoms with E-state index in [1.807, 2.05) is 17.9 Å². The van der Waals surface area contributed by atoms with Gasteiger partial charge in [-0.2, -0.15) is 5.10 Å². The quantitative estimate of drug-likeness (QED) is 0.795. The number of nitrogens with one attached hydrogen (secondary N) is 1. The smallest absolute Gasteiger partial charge is 0.0547 e. The van der Waals surface area contributed by atoms with Crippen LogP contribution in [0.15, 0.2) is 12.4 Å². The van der Waals surface area contributed by atoms with Gasteiger partial charge in [-0.25, -0.2) is 0 Å². The molecule has 2 rings (SSSR count). The van der Waals surface area contributed by atoms with Crippen LogP contribution in [0.4, 0.5) is 0 Å². The molecule has 0 aliphatic carbocycles. The Morgan fingerprint density at radius 3 is 3.00 bits per heavy atom. The fourth-order valence-corrected chi connectivity index (χ4v) is 2.85. The van der Waals surface area contributed by atoms with Crippen LogP contribution in [-0.4, -0.2) is 54.6 Å². The summed E-state index contributed by atoms with van der Waals surface area (Å²) in [5, 5.41) is 7.70. The fraction of sp³-hybridized carbons (Fsp3) is 0.786. The second-order valence-corrected chi connectivity index (χ2v) is 5.78. The highest BCUT2D eigenvalue weighted by molar-refractivity contribution is 5.03. The molecule has 1 aliphatic rings. The highest BCUT2D eigenvalue weighted by Gasteiger charge is 2.35. The summed E-state index contributed by atoms with van der Waals surface area (Å²) in [5.41, 5.74) is 1.54. The first-order chi connectivity index (χ1) is 9.13. The fourth-order valence-electron chi connectivity index (χ4n) is 2.85. The van der Waals surface area contributed by atoms with Crippen molar-refractivity contribution in [2.75, 3.05) is 39.9 Å². The number of aryl methyl sites for hydroxylation is 1. The third-order valence-corrected chi connectivity index (χ3v) is 3.75. The van der Waals surface area contributed by atoms with Gasteiger partial charge in [0.1, 0.15) is 0 Å². The van der Waals surface area contributed by atoms with Crippen LogP contribution < -0.4 is 5.32 Å². The molecule has 1 aromatic heterocycles. The topological polar surface area (TPSA) is 42.3 Å². The van der Waals surface area contributed by atoms with E-state index in [0.29, 0.717) is 0 Å². The molecular formula is C14H26N4O. The summed E-state index contributed by atoms with van der Waals surface area (Å²) in [6.45, 7) is 8.00. The number of hydrogen-bond donors (Lipinski definition) is 1. The van der Waals surface area contributed by atoms with E-state index >= 15 is 0 Å². The van der Waals surface area contributed by atoms with Crippen molar-refractivity contribution in [1.29, 1.82) is 0 Å². The van der Waals surface area contributed by atoms with Gasteiger partial charge >= 0.3 is 0 Å². The zero-order valence-electron chi connectivity index (χ0n) is 12.4. The molecule has 2 heterocycles. The van der Waals surface area contributed by atoms with E-state index in [1.165, 1.54) is 5.56 Å². The molecule has 1 unspecified atom stereocenters. The summed E-state index contributed by atoms with van der Waals surface area (Å²) in [6, 6.07) is 0.